The van der Waals surface area contributed by atoms with Gasteiger partial charge < -0.3 is 10.6 Å². The number of benzene rings is 1. The Morgan fingerprint density at radius 2 is 2.12 bits per heavy atom. The van der Waals surface area contributed by atoms with E-state index in [4.69, 9.17) is 0 Å². The average molecular weight is 341 g/mol. The molecule has 0 atom stereocenters. The highest BCUT2D eigenvalue weighted by Crippen LogP contribution is 2.26. The molecule has 2 aromatic rings. The van der Waals surface area contributed by atoms with Crippen LogP contribution in [0.3, 0.4) is 0 Å². The van der Waals surface area contributed by atoms with Crippen LogP contribution < -0.4 is 10.6 Å². The summed E-state index contributed by atoms with van der Waals surface area (Å²) in [5.74, 6) is 1.03. The van der Waals surface area contributed by atoms with Crippen molar-refractivity contribution in [3.63, 3.8) is 0 Å². The molecule has 0 aliphatic heterocycles. The zero-order chi connectivity index (χ0) is 17.8. The molecule has 0 unspecified atom stereocenters. The smallest absolute Gasteiger partial charge is 0.253 e. The lowest BCUT2D eigenvalue weighted by atomic mass is 9.85. The normalized spacial score (nSPS) is 14.2. The number of aromatic nitrogens is 1. The Morgan fingerprint density at radius 1 is 1.32 bits per heavy atom. The monoisotopic (exact) mass is 341 g/mol. The van der Waals surface area contributed by atoms with Crippen molar-refractivity contribution in [2.45, 2.75) is 39.0 Å². The number of hydrogen-bond acceptors (Lipinski definition) is 3. The van der Waals surface area contributed by atoms with Crippen LogP contribution in [0, 0.1) is 11.7 Å². The molecule has 0 radical (unpaired) electrons. The van der Waals surface area contributed by atoms with Gasteiger partial charge in [0.2, 0.25) is 0 Å². The van der Waals surface area contributed by atoms with Gasteiger partial charge in [-0.3, -0.25) is 4.79 Å². The second kappa shape index (κ2) is 7.64. The third-order valence-electron chi connectivity index (χ3n) is 4.68. The van der Waals surface area contributed by atoms with Crippen LogP contribution in [0.25, 0.3) is 0 Å². The molecule has 1 aromatic heterocycles. The van der Waals surface area contributed by atoms with Crippen LogP contribution in [0.15, 0.2) is 36.5 Å². The van der Waals surface area contributed by atoms with E-state index in [1.807, 2.05) is 19.9 Å². The van der Waals surface area contributed by atoms with Crippen LogP contribution in [0.1, 0.15) is 54.9 Å². The zero-order valence-electron chi connectivity index (χ0n) is 14.7. The number of nitrogens with one attached hydrogen (secondary N) is 2. The predicted molar refractivity (Wildman–Crippen MR) is 97.7 cm³/mol. The van der Waals surface area contributed by atoms with E-state index in [9.17, 15) is 9.18 Å². The molecule has 2 N–H and O–H groups in total. The molecule has 0 saturated heterocycles. The first kappa shape index (κ1) is 17.4. The standard InChI is InChI=1S/C20H24FN3O/c1-13(2)17-10-19(24-16-8-4-7-15(21)9-16)22-12-18(17)20(25)23-11-14-5-3-6-14/h4,7-10,12-14H,3,5-6,11H2,1-2H3,(H,22,24)(H,23,25). The summed E-state index contributed by atoms with van der Waals surface area (Å²) < 4.78 is 13.3. The number of carbonyl (C=O) groups excluding carboxylic acids is 1. The lowest BCUT2D eigenvalue weighted by Crippen LogP contribution is -2.32. The summed E-state index contributed by atoms with van der Waals surface area (Å²) in [5, 5.41) is 6.12. The number of nitrogens with zero attached hydrogens (tertiary/aromatic N) is 1. The Morgan fingerprint density at radius 3 is 2.76 bits per heavy atom. The molecular formula is C20H24FN3O. The number of amides is 1. The van der Waals surface area contributed by atoms with E-state index >= 15 is 0 Å². The van der Waals surface area contributed by atoms with Gasteiger partial charge in [0.25, 0.3) is 5.91 Å². The lowest BCUT2D eigenvalue weighted by molar-refractivity contribution is 0.0937. The van der Waals surface area contributed by atoms with Crippen LogP contribution >= 0.6 is 0 Å². The second-order valence-corrected chi connectivity index (χ2v) is 6.95. The molecule has 0 bridgehead atoms. The Balaban J connectivity index is 1.76. The summed E-state index contributed by atoms with van der Waals surface area (Å²) in [4.78, 5) is 16.8. The van der Waals surface area contributed by atoms with Crippen molar-refractivity contribution in [3.05, 3.63) is 53.5 Å². The van der Waals surface area contributed by atoms with Crippen molar-refractivity contribution in [2.24, 2.45) is 5.92 Å². The highest BCUT2D eigenvalue weighted by atomic mass is 19.1. The minimum atomic E-state index is -0.305. The Hall–Kier alpha value is -2.43. The minimum absolute atomic E-state index is 0.0691. The van der Waals surface area contributed by atoms with Gasteiger partial charge in [-0.25, -0.2) is 9.37 Å². The quantitative estimate of drug-likeness (QED) is 0.806. The fourth-order valence-corrected chi connectivity index (χ4v) is 2.95. The Labute approximate surface area is 147 Å². The molecule has 132 valence electrons. The van der Waals surface area contributed by atoms with Gasteiger partial charge in [-0.05, 0) is 54.5 Å². The summed E-state index contributed by atoms with van der Waals surface area (Å²) in [6.45, 7) is 4.83. The maximum absolute atomic E-state index is 13.3. The average Bonchev–Trinajstić information content (AvgIpc) is 2.53. The number of halogens is 1. The van der Waals surface area contributed by atoms with Gasteiger partial charge in [0.05, 0.1) is 5.56 Å². The molecule has 4 nitrogen and oxygen atoms in total. The molecular weight excluding hydrogens is 317 g/mol. The minimum Gasteiger partial charge on any atom is -0.352 e. The molecule has 0 spiro atoms. The highest BCUT2D eigenvalue weighted by molar-refractivity contribution is 5.95. The SMILES string of the molecule is CC(C)c1cc(Nc2cccc(F)c2)ncc1C(=O)NCC1CCC1. The van der Waals surface area contributed by atoms with Crippen LogP contribution in [0.5, 0.6) is 0 Å². The number of anilines is 2. The zero-order valence-corrected chi connectivity index (χ0v) is 14.7. The summed E-state index contributed by atoms with van der Waals surface area (Å²) in [6, 6.07) is 8.10. The molecule has 1 amide bonds. The Kier molecular flexibility index (Phi) is 5.31. The van der Waals surface area contributed by atoms with Crippen molar-refractivity contribution >= 4 is 17.4 Å². The molecule has 1 fully saturated rings. The molecule has 5 heteroatoms. The van der Waals surface area contributed by atoms with Gasteiger partial charge in [0.15, 0.2) is 0 Å². The topological polar surface area (TPSA) is 54.0 Å². The largest absolute Gasteiger partial charge is 0.352 e. The Bertz CT molecular complexity index is 756. The van der Waals surface area contributed by atoms with Crippen LogP contribution in [-0.2, 0) is 0 Å². The number of hydrogen-bond donors (Lipinski definition) is 2. The first-order valence-electron chi connectivity index (χ1n) is 8.83. The maximum Gasteiger partial charge on any atom is 0.253 e. The highest BCUT2D eigenvalue weighted by Gasteiger charge is 2.20. The van der Waals surface area contributed by atoms with Gasteiger partial charge in [0.1, 0.15) is 11.6 Å². The fourth-order valence-electron chi connectivity index (χ4n) is 2.95. The summed E-state index contributed by atoms with van der Waals surface area (Å²) in [7, 11) is 0. The molecule has 1 heterocycles. The van der Waals surface area contributed by atoms with E-state index in [1.54, 1.807) is 18.3 Å². The second-order valence-electron chi connectivity index (χ2n) is 6.95. The van der Waals surface area contributed by atoms with E-state index in [0.29, 0.717) is 23.0 Å². The molecule has 1 aliphatic carbocycles. The maximum atomic E-state index is 13.3. The van der Waals surface area contributed by atoms with Gasteiger partial charge >= 0.3 is 0 Å². The fraction of sp³-hybridized carbons (Fsp3) is 0.400. The van der Waals surface area contributed by atoms with Crippen molar-refractivity contribution in [2.75, 3.05) is 11.9 Å². The summed E-state index contributed by atoms with van der Waals surface area (Å²) in [5.41, 5.74) is 2.17. The van der Waals surface area contributed by atoms with Crippen molar-refractivity contribution in [3.8, 4) is 0 Å². The third-order valence-corrected chi connectivity index (χ3v) is 4.68. The number of pyridine rings is 1. The summed E-state index contributed by atoms with van der Waals surface area (Å²) in [6.07, 6.45) is 5.27. The van der Waals surface area contributed by atoms with E-state index in [0.717, 1.165) is 12.1 Å². The van der Waals surface area contributed by atoms with E-state index in [1.165, 1.54) is 31.4 Å². The van der Waals surface area contributed by atoms with Crippen LogP contribution in [0.2, 0.25) is 0 Å². The van der Waals surface area contributed by atoms with Gasteiger partial charge in [0, 0.05) is 18.4 Å². The first-order valence-corrected chi connectivity index (χ1v) is 8.83. The molecule has 1 aliphatic rings. The number of rotatable bonds is 6. The van der Waals surface area contributed by atoms with Crippen molar-refractivity contribution < 1.29 is 9.18 Å². The van der Waals surface area contributed by atoms with Crippen LogP contribution in [-0.4, -0.2) is 17.4 Å². The number of carbonyl (C=O) groups is 1. The molecule has 1 aromatic carbocycles. The molecule has 25 heavy (non-hydrogen) atoms. The van der Waals surface area contributed by atoms with Gasteiger partial charge in [-0.2, -0.15) is 0 Å². The molecule has 3 rings (SSSR count). The predicted octanol–water partition coefficient (Wildman–Crippen LogP) is 4.62. The third kappa shape index (κ3) is 4.35. The first-order chi connectivity index (χ1) is 12.0. The van der Waals surface area contributed by atoms with Crippen molar-refractivity contribution in [1.29, 1.82) is 0 Å². The van der Waals surface area contributed by atoms with Crippen molar-refractivity contribution in [1.82, 2.24) is 10.3 Å². The lowest BCUT2D eigenvalue weighted by Gasteiger charge is -2.25. The van der Waals surface area contributed by atoms with Gasteiger partial charge in [-0.1, -0.05) is 26.3 Å². The van der Waals surface area contributed by atoms with Gasteiger partial charge in [-0.15, -0.1) is 0 Å². The summed E-state index contributed by atoms with van der Waals surface area (Å²) >= 11 is 0. The van der Waals surface area contributed by atoms with E-state index in [-0.39, 0.29) is 17.6 Å². The van der Waals surface area contributed by atoms with Crippen LogP contribution in [0.4, 0.5) is 15.9 Å². The van der Waals surface area contributed by atoms with E-state index in [2.05, 4.69) is 15.6 Å². The molecule has 1 saturated carbocycles. The van der Waals surface area contributed by atoms with E-state index < -0.39 is 0 Å².